The molecule has 1 aromatic rings. The molecule has 1 rings (SSSR count). The maximum atomic E-state index is 5.54. The van der Waals surface area contributed by atoms with Gasteiger partial charge in [-0.3, -0.25) is 0 Å². The Balaban J connectivity index is 0.000000461. The van der Waals surface area contributed by atoms with Crippen LogP contribution in [0.3, 0.4) is 0 Å². The Morgan fingerprint density at radius 3 is 1.64 bits per heavy atom. The van der Waals surface area contributed by atoms with Crippen molar-refractivity contribution in [3.8, 4) is 0 Å². The van der Waals surface area contributed by atoms with E-state index in [-0.39, 0.29) is 0 Å². The molecule has 0 bridgehead atoms. The molecule has 0 aliphatic heterocycles. The number of aromatic nitrogens is 1. The van der Waals surface area contributed by atoms with Crippen molar-refractivity contribution in [1.29, 1.82) is 0 Å². The standard InChI is InChI=1S/C5H2Cl3N.C2H6/c6-3-1-4(7)9-5(8)2-3;1-2/h1-2H;1-2H3. The third-order valence-electron chi connectivity index (χ3n) is 0.728. The van der Waals surface area contributed by atoms with Gasteiger partial charge in [0.25, 0.3) is 0 Å². The topological polar surface area (TPSA) is 12.9 Å². The zero-order valence-corrected chi connectivity index (χ0v) is 8.50. The van der Waals surface area contributed by atoms with Crippen LogP contribution in [0.1, 0.15) is 13.8 Å². The molecule has 62 valence electrons. The van der Waals surface area contributed by atoms with Gasteiger partial charge in [0, 0.05) is 5.02 Å². The molecule has 0 fully saturated rings. The van der Waals surface area contributed by atoms with Crippen molar-refractivity contribution in [2.75, 3.05) is 0 Å². The predicted octanol–water partition coefficient (Wildman–Crippen LogP) is 4.07. The zero-order chi connectivity index (χ0) is 8.85. The lowest BCUT2D eigenvalue weighted by atomic mass is 10.5. The number of pyridine rings is 1. The number of halogens is 3. The van der Waals surface area contributed by atoms with E-state index in [1.807, 2.05) is 13.8 Å². The lowest BCUT2D eigenvalue weighted by Gasteiger charge is -1.90. The summed E-state index contributed by atoms with van der Waals surface area (Å²) in [6.45, 7) is 4.00. The molecule has 0 N–H and O–H groups in total. The van der Waals surface area contributed by atoms with Gasteiger partial charge < -0.3 is 0 Å². The molecule has 1 aromatic heterocycles. The maximum Gasteiger partial charge on any atom is 0.132 e. The first-order chi connectivity index (χ1) is 5.18. The van der Waals surface area contributed by atoms with Crippen LogP contribution in [0.15, 0.2) is 12.1 Å². The van der Waals surface area contributed by atoms with Gasteiger partial charge in [-0.25, -0.2) is 4.98 Å². The van der Waals surface area contributed by atoms with Crippen molar-refractivity contribution >= 4 is 34.8 Å². The van der Waals surface area contributed by atoms with Crippen LogP contribution < -0.4 is 0 Å². The fourth-order valence-electron chi connectivity index (χ4n) is 0.436. The van der Waals surface area contributed by atoms with Crippen LogP contribution in [0, 0.1) is 0 Å². The van der Waals surface area contributed by atoms with E-state index in [0.29, 0.717) is 15.3 Å². The van der Waals surface area contributed by atoms with E-state index in [9.17, 15) is 0 Å². The first kappa shape index (κ1) is 11.0. The number of nitrogens with zero attached hydrogens (tertiary/aromatic N) is 1. The molecule has 11 heavy (non-hydrogen) atoms. The summed E-state index contributed by atoms with van der Waals surface area (Å²) in [4.78, 5) is 3.68. The predicted molar refractivity (Wildman–Crippen MR) is 50.6 cm³/mol. The number of hydrogen-bond donors (Lipinski definition) is 0. The summed E-state index contributed by atoms with van der Waals surface area (Å²) in [6, 6.07) is 3.05. The average Bonchev–Trinajstić information content (AvgIpc) is 1.88. The summed E-state index contributed by atoms with van der Waals surface area (Å²) < 4.78 is 0. The molecule has 0 unspecified atom stereocenters. The largest absolute Gasteiger partial charge is 0.224 e. The normalized spacial score (nSPS) is 8.45. The molecule has 0 atom stereocenters. The van der Waals surface area contributed by atoms with E-state index in [1.54, 1.807) is 0 Å². The molecule has 4 heteroatoms. The molecule has 0 aliphatic carbocycles. The molecule has 0 saturated heterocycles. The molecule has 0 aromatic carbocycles. The van der Waals surface area contributed by atoms with Gasteiger partial charge >= 0.3 is 0 Å². The van der Waals surface area contributed by atoms with Gasteiger partial charge in [0.2, 0.25) is 0 Å². The Hall–Kier alpha value is 0.0200. The third kappa shape index (κ3) is 4.46. The molecular formula is C7H8Cl3N. The van der Waals surface area contributed by atoms with Crippen molar-refractivity contribution in [3.63, 3.8) is 0 Å². The highest BCUT2D eigenvalue weighted by molar-refractivity contribution is 6.36. The summed E-state index contributed by atoms with van der Waals surface area (Å²) in [7, 11) is 0. The fourth-order valence-corrected chi connectivity index (χ4v) is 1.21. The SMILES string of the molecule is CC.Clc1cc(Cl)nc(Cl)c1. The molecule has 0 aliphatic rings. The van der Waals surface area contributed by atoms with Gasteiger partial charge in [0.15, 0.2) is 0 Å². The van der Waals surface area contributed by atoms with Crippen LogP contribution in [-0.2, 0) is 0 Å². The second-order valence-corrected chi connectivity index (χ2v) is 2.64. The molecular weight excluding hydrogens is 204 g/mol. The van der Waals surface area contributed by atoms with Crippen molar-refractivity contribution in [2.24, 2.45) is 0 Å². The van der Waals surface area contributed by atoms with Gasteiger partial charge in [0.05, 0.1) is 0 Å². The average molecular weight is 213 g/mol. The van der Waals surface area contributed by atoms with Crippen molar-refractivity contribution in [2.45, 2.75) is 13.8 Å². The van der Waals surface area contributed by atoms with Gasteiger partial charge in [-0.15, -0.1) is 0 Å². The first-order valence-electron chi connectivity index (χ1n) is 3.17. The molecule has 0 radical (unpaired) electrons. The van der Waals surface area contributed by atoms with Crippen molar-refractivity contribution < 1.29 is 0 Å². The Morgan fingerprint density at radius 1 is 1.00 bits per heavy atom. The minimum absolute atomic E-state index is 0.313. The van der Waals surface area contributed by atoms with E-state index in [2.05, 4.69) is 4.98 Å². The highest BCUT2D eigenvalue weighted by Crippen LogP contribution is 2.17. The second-order valence-electron chi connectivity index (χ2n) is 1.43. The Bertz CT molecular complexity index is 174. The van der Waals surface area contributed by atoms with Crippen LogP contribution >= 0.6 is 34.8 Å². The van der Waals surface area contributed by atoms with Crippen molar-refractivity contribution in [3.05, 3.63) is 27.5 Å². The van der Waals surface area contributed by atoms with E-state index < -0.39 is 0 Å². The summed E-state index contributed by atoms with van der Waals surface area (Å²) in [5.74, 6) is 0. The van der Waals surface area contributed by atoms with E-state index >= 15 is 0 Å². The smallest absolute Gasteiger partial charge is 0.132 e. The minimum Gasteiger partial charge on any atom is -0.224 e. The van der Waals surface area contributed by atoms with E-state index in [0.717, 1.165) is 0 Å². The van der Waals surface area contributed by atoms with Crippen LogP contribution in [0.25, 0.3) is 0 Å². The van der Waals surface area contributed by atoms with Gasteiger partial charge in [-0.2, -0.15) is 0 Å². The van der Waals surface area contributed by atoms with Gasteiger partial charge in [0.1, 0.15) is 10.3 Å². The quantitative estimate of drug-likeness (QED) is 0.591. The highest BCUT2D eigenvalue weighted by Gasteiger charge is 1.94. The monoisotopic (exact) mass is 211 g/mol. The third-order valence-corrected chi connectivity index (χ3v) is 1.33. The second kappa shape index (κ2) is 5.64. The van der Waals surface area contributed by atoms with Crippen molar-refractivity contribution in [1.82, 2.24) is 4.98 Å². The number of hydrogen-bond acceptors (Lipinski definition) is 1. The van der Waals surface area contributed by atoms with E-state index in [1.165, 1.54) is 12.1 Å². The van der Waals surface area contributed by atoms with Crippen LogP contribution in [0.4, 0.5) is 0 Å². The molecule has 1 heterocycles. The minimum atomic E-state index is 0.313. The molecule has 0 spiro atoms. The van der Waals surface area contributed by atoms with E-state index in [4.69, 9.17) is 34.8 Å². The fraction of sp³-hybridized carbons (Fsp3) is 0.286. The zero-order valence-electron chi connectivity index (χ0n) is 6.24. The lowest BCUT2D eigenvalue weighted by Crippen LogP contribution is -1.74. The molecule has 0 amide bonds. The summed E-state index contributed by atoms with van der Waals surface area (Å²) >= 11 is 16.5. The highest BCUT2D eigenvalue weighted by atomic mass is 35.5. The summed E-state index contributed by atoms with van der Waals surface area (Å²) in [6.07, 6.45) is 0. The maximum absolute atomic E-state index is 5.54. The Labute approximate surface area is 81.3 Å². The lowest BCUT2D eigenvalue weighted by molar-refractivity contribution is 1.33. The van der Waals surface area contributed by atoms with Crippen LogP contribution in [0.5, 0.6) is 0 Å². The number of rotatable bonds is 0. The van der Waals surface area contributed by atoms with Gasteiger partial charge in [-0.1, -0.05) is 48.7 Å². The van der Waals surface area contributed by atoms with Crippen LogP contribution in [0.2, 0.25) is 15.3 Å². The summed E-state index contributed by atoms with van der Waals surface area (Å²) in [5.41, 5.74) is 0. The molecule has 1 nitrogen and oxygen atoms in total. The Morgan fingerprint density at radius 2 is 1.36 bits per heavy atom. The summed E-state index contributed by atoms with van der Waals surface area (Å²) in [5, 5.41) is 1.13. The van der Waals surface area contributed by atoms with Gasteiger partial charge in [-0.05, 0) is 12.1 Å². The van der Waals surface area contributed by atoms with Crippen LogP contribution in [-0.4, -0.2) is 4.98 Å². The first-order valence-corrected chi connectivity index (χ1v) is 4.30. The Kier molecular flexibility index (Phi) is 5.65. The molecule has 0 saturated carbocycles.